The zero-order valence-corrected chi connectivity index (χ0v) is 50.9. The summed E-state index contributed by atoms with van der Waals surface area (Å²) >= 11 is 3.35. The topological polar surface area (TPSA) is 262 Å². The van der Waals surface area contributed by atoms with Crippen molar-refractivity contribution >= 4 is 26.0 Å². The molecule has 0 saturated heterocycles. The fourth-order valence-corrected chi connectivity index (χ4v) is 6.24. The number of aliphatic hydroxyl groups excluding tert-OH is 3. The molecule has 0 aliphatic heterocycles. The fraction of sp³-hybridized carbons (Fsp3) is 0.889. The van der Waals surface area contributed by atoms with Crippen LogP contribution in [0.15, 0.2) is 34.3 Å². The fourth-order valence-electron chi connectivity index (χ4n) is 4.95. The number of unbranched alkanes of at least 4 members (excludes halogenated alkanes) is 10. The Morgan fingerprint density at radius 3 is 1.11 bits per heavy atom. The Bertz CT molecular complexity index is 1220. The summed E-state index contributed by atoms with van der Waals surface area (Å²) in [6.07, 6.45) is 18.2. The maximum Gasteiger partial charge on any atom is 0.297 e. The van der Waals surface area contributed by atoms with Crippen LogP contribution in [-0.2, 0) is 56.9 Å². The molecule has 0 radical (unpaired) electrons. The summed E-state index contributed by atoms with van der Waals surface area (Å²) in [5.41, 5.74) is 14.2. The lowest BCUT2D eigenvalue weighted by Gasteiger charge is -2.07. The van der Waals surface area contributed by atoms with E-state index in [1.807, 2.05) is 20.8 Å². The van der Waals surface area contributed by atoms with Crippen molar-refractivity contribution in [3.05, 3.63) is 40.3 Å². The van der Waals surface area contributed by atoms with Gasteiger partial charge in [0.15, 0.2) is 0 Å². The van der Waals surface area contributed by atoms with Crippen molar-refractivity contribution < 1.29 is 70.6 Å². The second kappa shape index (κ2) is 83.7. The average Bonchev–Trinajstić information content (AvgIpc) is 3.42. The SMILES string of the molecule is CC.CCCCCBr.CCCCCOCCOCCN.CCCCCOCCOCCN=[N+]=[N-].CCCCCOCCOCCO.CCCCCOCCOCCOS(=O)(=O)c1ccc(C)cc1.OCCOCCO. The Hall–Kier alpha value is -1.60. The number of nitrogens with two attached hydrogens (primary N) is 1. The molecule has 0 unspecified atom stereocenters. The minimum Gasteiger partial charge on any atom is -0.394 e. The molecule has 75 heavy (non-hydrogen) atoms. The largest absolute Gasteiger partial charge is 0.394 e. The van der Waals surface area contributed by atoms with Crippen LogP contribution in [0.3, 0.4) is 0 Å². The number of benzene rings is 1. The van der Waals surface area contributed by atoms with E-state index in [2.05, 4.69) is 65.3 Å². The number of aliphatic hydroxyl groups is 3. The number of hydrogen-bond acceptors (Lipinski definition) is 17. The lowest BCUT2D eigenvalue weighted by Crippen LogP contribution is -2.13. The first-order chi connectivity index (χ1) is 36.6. The van der Waals surface area contributed by atoms with Crippen LogP contribution in [0.4, 0.5) is 0 Å². The van der Waals surface area contributed by atoms with Crippen molar-refractivity contribution in [2.24, 2.45) is 10.8 Å². The first-order valence-corrected chi connectivity index (χ1v) is 30.4. The van der Waals surface area contributed by atoms with Crippen molar-refractivity contribution in [2.45, 2.75) is 157 Å². The predicted molar refractivity (Wildman–Crippen MR) is 309 cm³/mol. The monoisotopic (exact) mass is 1170 g/mol. The smallest absolute Gasteiger partial charge is 0.297 e. The number of azide groups is 1. The molecule has 1 rings (SSSR count). The highest BCUT2D eigenvalue weighted by atomic mass is 79.9. The quantitative estimate of drug-likeness (QED) is 0.0118. The van der Waals surface area contributed by atoms with Gasteiger partial charge in [-0.3, -0.25) is 4.18 Å². The zero-order chi connectivity index (χ0) is 57.3. The molecule has 0 spiro atoms. The second-order valence-corrected chi connectivity index (χ2v) is 18.1. The summed E-state index contributed by atoms with van der Waals surface area (Å²) in [4.78, 5) is 2.78. The normalized spacial score (nSPS) is 10.3. The average molecular weight is 1170 g/mol. The van der Waals surface area contributed by atoms with Gasteiger partial charge in [-0.25, -0.2) is 0 Å². The van der Waals surface area contributed by atoms with Crippen LogP contribution in [0, 0.1) is 6.92 Å². The summed E-state index contributed by atoms with van der Waals surface area (Å²) in [5, 5.41) is 29.1. The Morgan fingerprint density at radius 1 is 0.480 bits per heavy atom. The molecule has 0 saturated carbocycles. The zero-order valence-electron chi connectivity index (χ0n) is 48.5. The van der Waals surface area contributed by atoms with Crippen LogP contribution in [0.2, 0.25) is 0 Å². The molecule has 5 N–H and O–H groups in total. The van der Waals surface area contributed by atoms with E-state index >= 15 is 0 Å². The Labute approximate surface area is 466 Å². The number of alkyl halides is 1. The minimum atomic E-state index is -3.70. The van der Waals surface area contributed by atoms with Gasteiger partial charge in [-0.15, -0.1) is 0 Å². The summed E-state index contributed by atoms with van der Waals surface area (Å²) in [6.45, 7) is 28.3. The van der Waals surface area contributed by atoms with Gasteiger partial charge in [0.05, 0.1) is 124 Å². The number of halogens is 1. The molecule has 21 heteroatoms. The van der Waals surface area contributed by atoms with Gasteiger partial charge in [-0.1, -0.05) is 151 Å². The molecule has 0 amide bonds. The van der Waals surface area contributed by atoms with E-state index in [1.165, 1.54) is 88.1 Å². The molecule has 1 aromatic rings. The van der Waals surface area contributed by atoms with E-state index in [0.717, 1.165) is 57.7 Å². The number of nitrogens with zero attached hydrogens (tertiary/aromatic N) is 3. The van der Waals surface area contributed by atoms with Crippen molar-refractivity contribution in [1.82, 2.24) is 0 Å². The Kier molecular flexibility index (Phi) is 94.5. The third-order valence-electron chi connectivity index (χ3n) is 8.94. The number of rotatable bonds is 47. The molecular weight excluding hydrogens is 1060 g/mol. The maximum atomic E-state index is 11.9. The van der Waals surface area contributed by atoms with Crippen LogP contribution in [-0.4, -0.2) is 188 Å². The van der Waals surface area contributed by atoms with Gasteiger partial charge in [0.25, 0.3) is 10.1 Å². The molecule has 0 aliphatic rings. The highest BCUT2D eigenvalue weighted by Crippen LogP contribution is 2.13. The highest BCUT2D eigenvalue weighted by molar-refractivity contribution is 9.09. The molecule has 0 fully saturated rings. The summed E-state index contributed by atoms with van der Waals surface area (Å²) in [5.74, 6) is 0. The molecule has 0 bridgehead atoms. The predicted octanol–water partition coefficient (Wildman–Crippen LogP) is 10.4. The first-order valence-electron chi connectivity index (χ1n) is 27.9. The summed E-state index contributed by atoms with van der Waals surface area (Å²) < 4.78 is 75.2. The number of hydrogen-bond donors (Lipinski definition) is 4. The molecule has 0 aliphatic carbocycles. The standard InChI is InChI=1S/C16H26O5S.C9H19N3O2.C9H21NO2.C9H20O3.C5H11Br.C4H10O3.C2H6/c1-3-4-5-10-19-11-12-20-13-14-21-22(17,18)16-8-6-15(2)7-9-16;1-2-3-4-6-13-8-9-14-7-5-11-12-10;2*1-2-3-4-6-11-8-9-12-7-5-10;1-2-3-4-5-6;5-1-3-7-4-2-6;1-2/h6-9H,3-5,10-14H2,1-2H3;2-9H2,1H3;2-10H2,1H3;10H,2-9H2,1H3;2-5H2,1H3;5-6H,1-4H2;1-2H3. The second-order valence-electron chi connectivity index (χ2n) is 15.7. The van der Waals surface area contributed by atoms with Gasteiger partial charge in [0.2, 0.25) is 0 Å². The molecule has 19 nitrogen and oxygen atoms in total. The maximum absolute atomic E-state index is 11.9. The first kappa shape index (κ1) is 84.7. The molecule has 0 atom stereocenters. The Morgan fingerprint density at radius 2 is 0.787 bits per heavy atom. The summed E-state index contributed by atoms with van der Waals surface area (Å²) in [7, 11) is -3.70. The third kappa shape index (κ3) is 89.3. The molecule has 1 aromatic carbocycles. The van der Waals surface area contributed by atoms with Crippen molar-refractivity contribution in [1.29, 1.82) is 0 Å². The molecule has 0 aromatic heterocycles. The van der Waals surface area contributed by atoms with Crippen LogP contribution >= 0.6 is 15.9 Å². The Balaban J connectivity index is -0.000000199. The van der Waals surface area contributed by atoms with Crippen LogP contribution in [0.1, 0.15) is 150 Å². The molecule has 0 heterocycles. The van der Waals surface area contributed by atoms with Crippen molar-refractivity contribution in [3.63, 3.8) is 0 Å². The number of ether oxygens (including phenoxy) is 9. The summed E-state index contributed by atoms with van der Waals surface area (Å²) in [6, 6.07) is 6.55. The lowest BCUT2D eigenvalue weighted by molar-refractivity contribution is 0.0321. The van der Waals surface area contributed by atoms with E-state index in [1.54, 1.807) is 12.1 Å². The van der Waals surface area contributed by atoms with Gasteiger partial charge in [-0.05, 0) is 56.7 Å². The highest BCUT2D eigenvalue weighted by Gasteiger charge is 2.14. The van der Waals surface area contributed by atoms with Crippen molar-refractivity contribution in [2.75, 3.05) is 164 Å². The van der Waals surface area contributed by atoms with Crippen LogP contribution in [0.5, 0.6) is 0 Å². The van der Waals surface area contributed by atoms with E-state index in [4.69, 9.17) is 68.7 Å². The molecular formula is C54H113BrN4O15S. The lowest BCUT2D eigenvalue weighted by atomic mass is 10.2. The van der Waals surface area contributed by atoms with E-state index in [-0.39, 0.29) is 37.9 Å². The van der Waals surface area contributed by atoms with Crippen molar-refractivity contribution in [3.8, 4) is 0 Å². The van der Waals surface area contributed by atoms with Gasteiger partial charge < -0.3 is 63.7 Å². The van der Waals surface area contributed by atoms with E-state index in [9.17, 15) is 8.42 Å². The number of aryl methyl sites for hydroxylation is 1. The van der Waals surface area contributed by atoms with Crippen LogP contribution < -0.4 is 5.73 Å². The minimum absolute atomic E-state index is 0.00600. The third-order valence-corrected chi connectivity index (χ3v) is 10.8. The van der Waals surface area contributed by atoms with Gasteiger partial charge in [-0.2, -0.15) is 8.42 Å². The molecule has 452 valence electrons. The van der Waals surface area contributed by atoms with Crippen LogP contribution in [0.25, 0.3) is 10.4 Å². The van der Waals surface area contributed by atoms with Gasteiger partial charge in [0.1, 0.15) is 0 Å². The van der Waals surface area contributed by atoms with Gasteiger partial charge >= 0.3 is 0 Å². The van der Waals surface area contributed by atoms with E-state index in [0.29, 0.717) is 99.0 Å². The van der Waals surface area contributed by atoms with Gasteiger partial charge in [0, 0.05) is 49.8 Å². The van der Waals surface area contributed by atoms with E-state index < -0.39 is 10.1 Å².